The van der Waals surface area contributed by atoms with Crippen molar-refractivity contribution < 1.29 is 14.7 Å². The minimum absolute atomic E-state index is 0.0620. The first kappa shape index (κ1) is 13.8. The molecule has 0 spiro atoms. The molecule has 6 nitrogen and oxygen atoms in total. The molecule has 1 amide bonds. The van der Waals surface area contributed by atoms with Gasteiger partial charge in [0.05, 0.1) is 0 Å². The molecular formula is C14H15N3O3. The zero-order valence-electron chi connectivity index (χ0n) is 11.0. The Morgan fingerprint density at radius 1 is 1.30 bits per heavy atom. The first-order valence-electron chi connectivity index (χ1n) is 6.17. The predicted octanol–water partition coefficient (Wildman–Crippen LogP) is 1.09. The van der Waals surface area contributed by atoms with Gasteiger partial charge in [-0.05, 0) is 12.0 Å². The smallest absolute Gasteiger partial charge is 0.339 e. The number of carboxylic acids is 1. The van der Waals surface area contributed by atoms with Gasteiger partial charge in [-0.3, -0.25) is 9.48 Å². The Balaban J connectivity index is 1.97. The second-order valence-electron chi connectivity index (χ2n) is 4.36. The van der Waals surface area contributed by atoms with E-state index < -0.39 is 11.9 Å². The fraction of sp³-hybridized carbons (Fsp3) is 0.214. The highest BCUT2D eigenvalue weighted by Gasteiger charge is 2.20. The number of nitrogens with zero attached hydrogens (tertiary/aromatic N) is 2. The third-order valence-electron chi connectivity index (χ3n) is 2.82. The first-order valence-corrected chi connectivity index (χ1v) is 6.17. The molecule has 0 fully saturated rings. The topological polar surface area (TPSA) is 84.2 Å². The number of aromatic carboxylic acids is 1. The van der Waals surface area contributed by atoms with Crippen LogP contribution in [0.15, 0.2) is 36.5 Å². The van der Waals surface area contributed by atoms with Crippen molar-refractivity contribution in [3.05, 3.63) is 53.3 Å². The Kier molecular flexibility index (Phi) is 4.14. The van der Waals surface area contributed by atoms with Gasteiger partial charge in [0.25, 0.3) is 5.91 Å². The lowest BCUT2D eigenvalue weighted by Crippen LogP contribution is -2.27. The van der Waals surface area contributed by atoms with Gasteiger partial charge in [-0.2, -0.15) is 5.10 Å². The third-order valence-corrected chi connectivity index (χ3v) is 2.82. The van der Waals surface area contributed by atoms with E-state index in [1.165, 1.54) is 10.9 Å². The predicted molar refractivity (Wildman–Crippen MR) is 72.6 cm³/mol. The van der Waals surface area contributed by atoms with Gasteiger partial charge in [0.15, 0.2) is 5.69 Å². The highest BCUT2D eigenvalue weighted by Crippen LogP contribution is 2.06. The van der Waals surface area contributed by atoms with Crippen LogP contribution in [0, 0.1) is 0 Å². The van der Waals surface area contributed by atoms with Crippen molar-refractivity contribution in [3.8, 4) is 0 Å². The average molecular weight is 273 g/mol. The van der Waals surface area contributed by atoms with E-state index in [1.54, 1.807) is 7.05 Å². The highest BCUT2D eigenvalue weighted by atomic mass is 16.4. The fourth-order valence-corrected chi connectivity index (χ4v) is 1.86. The maximum atomic E-state index is 11.9. The summed E-state index contributed by atoms with van der Waals surface area (Å²) in [4.78, 5) is 22.9. The minimum atomic E-state index is -1.16. The van der Waals surface area contributed by atoms with Crippen LogP contribution in [0.2, 0.25) is 0 Å². The number of benzene rings is 1. The number of carboxylic acid groups (broad SMARTS) is 1. The van der Waals surface area contributed by atoms with Crippen molar-refractivity contribution in [3.63, 3.8) is 0 Å². The van der Waals surface area contributed by atoms with E-state index in [4.69, 9.17) is 5.11 Å². The summed E-state index contributed by atoms with van der Waals surface area (Å²) in [5, 5.41) is 15.6. The molecule has 2 N–H and O–H groups in total. The summed E-state index contributed by atoms with van der Waals surface area (Å²) in [6.45, 7) is 0.429. The summed E-state index contributed by atoms with van der Waals surface area (Å²) in [5.74, 6) is -1.63. The molecule has 2 rings (SSSR count). The summed E-state index contributed by atoms with van der Waals surface area (Å²) >= 11 is 0. The van der Waals surface area contributed by atoms with Crippen LogP contribution >= 0.6 is 0 Å². The average Bonchev–Trinajstić information content (AvgIpc) is 2.82. The van der Waals surface area contributed by atoms with Crippen molar-refractivity contribution in [1.29, 1.82) is 0 Å². The van der Waals surface area contributed by atoms with E-state index in [2.05, 4.69) is 10.4 Å². The van der Waals surface area contributed by atoms with Gasteiger partial charge >= 0.3 is 5.97 Å². The summed E-state index contributed by atoms with van der Waals surface area (Å²) in [5.41, 5.74) is 0.949. The zero-order chi connectivity index (χ0) is 14.5. The van der Waals surface area contributed by atoms with Gasteiger partial charge in [-0.1, -0.05) is 30.3 Å². The molecule has 1 aromatic heterocycles. The fourth-order valence-electron chi connectivity index (χ4n) is 1.86. The van der Waals surface area contributed by atoms with Crippen LogP contribution in [0.25, 0.3) is 0 Å². The number of aromatic nitrogens is 2. The molecule has 0 saturated heterocycles. The van der Waals surface area contributed by atoms with Crippen molar-refractivity contribution in [2.75, 3.05) is 6.54 Å². The van der Waals surface area contributed by atoms with Gasteiger partial charge < -0.3 is 10.4 Å². The van der Waals surface area contributed by atoms with Gasteiger partial charge in [-0.25, -0.2) is 4.79 Å². The monoisotopic (exact) mass is 273 g/mol. The summed E-state index contributed by atoms with van der Waals surface area (Å²) in [6, 6.07) is 9.72. The molecular weight excluding hydrogens is 258 g/mol. The Morgan fingerprint density at radius 2 is 2.00 bits per heavy atom. The summed E-state index contributed by atoms with van der Waals surface area (Å²) in [7, 11) is 1.58. The normalized spacial score (nSPS) is 10.2. The molecule has 1 aromatic carbocycles. The van der Waals surface area contributed by atoms with Crippen molar-refractivity contribution >= 4 is 11.9 Å². The molecule has 0 unspecified atom stereocenters. The third kappa shape index (κ3) is 3.23. The molecule has 0 saturated carbocycles. The van der Waals surface area contributed by atoms with Gasteiger partial charge in [0.2, 0.25) is 0 Å². The first-order chi connectivity index (χ1) is 9.58. The van der Waals surface area contributed by atoms with Gasteiger partial charge in [0.1, 0.15) is 5.56 Å². The van der Waals surface area contributed by atoms with E-state index >= 15 is 0 Å². The molecule has 104 valence electrons. The van der Waals surface area contributed by atoms with Gasteiger partial charge in [-0.15, -0.1) is 0 Å². The number of nitrogens with one attached hydrogen (secondary N) is 1. The Bertz CT molecular complexity index is 620. The maximum absolute atomic E-state index is 11.9. The van der Waals surface area contributed by atoms with E-state index in [9.17, 15) is 9.59 Å². The molecule has 0 aliphatic heterocycles. The van der Waals surface area contributed by atoms with E-state index in [1.807, 2.05) is 30.3 Å². The SMILES string of the molecule is Cn1cc(C(=O)O)c(C(=O)NCCc2ccccc2)n1. The van der Waals surface area contributed by atoms with Crippen LogP contribution in [-0.4, -0.2) is 33.3 Å². The van der Waals surface area contributed by atoms with E-state index in [0.717, 1.165) is 5.56 Å². The maximum Gasteiger partial charge on any atom is 0.339 e. The molecule has 0 aliphatic carbocycles. The van der Waals surface area contributed by atoms with E-state index in [0.29, 0.717) is 13.0 Å². The molecule has 0 radical (unpaired) electrons. The van der Waals surface area contributed by atoms with Crippen LogP contribution < -0.4 is 5.32 Å². The second-order valence-corrected chi connectivity index (χ2v) is 4.36. The lowest BCUT2D eigenvalue weighted by molar-refractivity contribution is 0.0691. The minimum Gasteiger partial charge on any atom is -0.478 e. The molecule has 0 aliphatic rings. The molecule has 20 heavy (non-hydrogen) atoms. The standard InChI is InChI=1S/C14H15N3O3/c1-17-9-11(14(19)20)12(16-17)13(18)15-8-7-10-5-3-2-4-6-10/h2-6,9H,7-8H2,1H3,(H,15,18)(H,19,20). The van der Waals surface area contributed by atoms with Crippen molar-refractivity contribution in [2.24, 2.45) is 7.05 Å². The lowest BCUT2D eigenvalue weighted by Gasteiger charge is -2.04. The van der Waals surface area contributed by atoms with Gasteiger partial charge in [0, 0.05) is 19.8 Å². The van der Waals surface area contributed by atoms with Crippen LogP contribution in [0.1, 0.15) is 26.4 Å². The number of amides is 1. The largest absolute Gasteiger partial charge is 0.478 e. The number of carbonyl (C=O) groups is 2. The van der Waals surface area contributed by atoms with Crippen LogP contribution in [-0.2, 0) is 13.5 Å². The van der Waals surface area contributed by atoms with Crippen LogP contribution in [0.3, 0.4) is 0 Å². The Hall–Kier alpha value is -2.63. The Morgan fingerprint density at radius 3 is 2.65 bits per heavy atom. The molecule has 6 heteroatoms. The number of rotatable bonds is 5. The number of hydrogen-bond donors (Lipinski definition) is 2. The number of hydrogen-bond acceptors (Lipinski definition) is 3. The quantitative estimate of drug-likeness (QED) is 0.854. The Labute approximate surface area is 116 Å². The number of carbonyl (C=O) groups excluding carboxylic acids is 1. The van der Waals surface area contributed by atoms with Crippen LogP contribution in [0.4, 0.5) is 0 Å². The molecule has 0 bridgehead atoms. The van der Waals surface area contributed by atoms with Crippen molar-refractivity contribution in [1.82, 2.24) is 15.1 Å². The summed E-state index contributed by atoms with van der Waals surface area (Å²) in [6.07, 6.45) is 2.00. The van der Waals surface area contributed by atoms with E-state index in [-0.39, 0.29) is 11.3 Å². The zero-order valence-corrected chi connectivity index (χ0v) is 11.0. The van der Waals surface area contributed by atoms with Crippen LogP contribution in [0.5, 0.6) is 0 Å². The molecule has 0 atom stereocenters. The lowest BCUT2D eigenvalue weighted by atomic mass is 10.1. The van der Waals surface area contributed by atoms with Crippen molar-refractivity contribution in [2.45, 2.75) is 6.42 Å². The second kappa shape index (κ2) is 6.01. The molecule has 2 aromatic rings. The highest BCUT2D eigenvalue weighted by molar-refractivity contribution is 6.03. The molecule has 1 heterocycles. The summed E-state index contributed by atoms with van der Waals surface area (Å²) < 4.78 is 1.32. The number of aryl methyl sites for hydroxylation is 1.